The van der Waals surface area contributed by atoms with Crippen LogP contribution in [0.1, 0.15) is 38.7 Å². The van der Waals surface area contributed by atoms with Crippen molar-refractivity contribution in [3.05, 3.63) is 59.8 Å². The van der Waals surface area contributed by atoms with Crippen LogP contribution in [0.15, 0.2) is 54.3 Å². The molecule has 0 radical (unpaired) electrons. The first-order valence-electron chi connectivity index (χ1n) is 8.38. The molecule has 1 unspecified atom stereocenters. The van der Waals surface area contributed by atoms with Crippen LogP contribution in [-0.2, 0) is 16.1 Å². The predicted molar refractivity (Wildman–Crippen MR) is 93.7 cm³/mol. The highest BCUT2D eigenvalue weighted by atomic mass is 16.5. The zero-order valence-corrected chi connectivity index (χ0v) is 14.3. The van der Waals surface area contributed by atoms with Gasteiger partial charge in [0.25, 0.3) is 0 Å². The van der Waals surface area contributed by atoms with Crippen LogP contribution >= 0.6 is 0 Å². The van der Waals surface area contributed by atoms with Crippen molar-refractivity contribution in [2.45, 2.75) is 39.7 Å². The summed E-state index contributed by atoms with van der Waals surface area (Å²) in [5.41, 5.74) is 3.23. The zero-order chi connectivity index (χ0) is 16.7. The third-order valence-corrected chi connectivity index (χ3v) is 4.12. The number of carbonyl (C=O) groups is 1. The van der Waals surface area contributed by atoms with Crippen LogP contribution in [0.25, 0.3) is 0 Å². The lowest BCUT2D eigenvalue weighted by molar-refractivity contribution is -0.139. The average Bonchev–Trinajstić information content (AvgIpc) is 3.05. The van der Waals surface area contributed by atoms with Gasteiger partial charge in [-0.15, -0.1) is 6.58 Å². The van der Waals surface area contributed by atoms with Crippen LogP contribution in [-0.4, -0.2) is 24.0 Å². The number of carbonyl (C=O) groups excluding carboxylic acids is 1. The minimum Gasteiger partial charge on any atom is -0.458 e. The van der Waals surface area contributed by atoms with Gasteiger partial charge in [0, 0.05) is 24.9 Å². The Kier molecular flexibility index (Phi) is 6.45. The lowest BCUT2D eigenvalue weighted by atomic mass is 9.98. The fourth-order valence-electron chi connectivity index (χ4n) is 3.04. The highest BCUT2D eigenvalue weighted by Crippen LogP contribution is 2.25. The Morgan fingerprint density at radius 2 is 1.96 bits per heavy atom. The topological polar surface area (TPSA) is 29.5 Å². The lowest BCUT2D eigenvalue weighted by Crippen LogP contribution is -2.24. The van der Waals surface area contributed by atoms with E-state index in [-0.39, 0.29) is 11.9 Å². The van der Waals surface area contributed by atoms with Gasteiger partial charge >= 0.3 is 5.97 Å². The summed E-state index contributed by atoms with van der Waals surface area (Å²) in [5, 5.41) is 0. The van der Waals surface area contributed by atoms with Gasteiger partial charge in [0.05, 0.1) is 0 Å². The Morgan fingerprint density at radius 1 is 1.30 bits per heavy atom. The molecule has 1 atom stereocenters. The molecule has 0 aliphatic carbocycles. The molecule has 1 aromatic carbocycles. The molecule has 0 amide bonds. The van der Waals surface area contributed by atoms with Gasteiger partial charge in [0.15, 0.2) is 0 Å². The first-order chi connectivity index (χ1) is 11.1. The van der Waals surface area contributed by atoms with Crippen LogP contribution in [0.3, 0.4) is 0 Å². The monoisotopic (exact) mass is 313 g/mol. The maximum absolute atomic E-state index is 12.2. The van der Waals surface area contributed by atoms with Gasteiger partial charge in [-0.1, -0.05) is 42.8 Å². The van der Waals surface area contributed by atoms with E-state index in [1.54, 1.807) is 6.08 Å². The van der Waals surface area contributed by atoms with E-state index in [2.05, 4.69) is 18.4 Å². The van der Waals surface area contributed by atoms with Crippen molar-refractivity contribution < 1.29 is 9.53 Å². The molecule has 1 aliphatic heterocycles. The molecule has 1 saturated heterocycles. The maximum Gasteiger partial charge on any atom is 0.332 e. The van der Waals surface area contributed by atoms with E-state index < -0.39 is 0 Å². The first-order valence-corrected chi connectivity index (χ1v) is 8.38. The minimum atomic E-state index is -0.260. The van der Waals surface area contributed by atoms with Crippen LogP contribution in [0.4, 0.5) is 0 Å². The molecule has 0 spiro atoms. The number of rotatable bonds is 7. The van der Waals surface area contributed by atoms with Gasteiger partial charge in [-0.25, -0.2) is 4.79 Å². The smallest absolute Gasteiger partial charge is 0.332 e. The summed E-state index contributed by atoms with van der Waals surface area (Å²) in [6.45, 7) is 10.6. The van der Waals surface area contributed by atoms with Gasteiger partial charge in [0.1, 0.15) is 6.61 Å². The Hall–Kier alpha value is -2.03. The second kappa shape index (κ2) is 8.56. The molecule has 3 nitrogen and oxygen atoms in total. The Labute approximate surface area is 139 Å². The normalized spacial score (nSPS) is 16.3. The molecule has 1 aliphatic rings. The van der Waals surface area contributed by atoms with E-state index in [0.717, 1.165) is 36.3 Å². The van der Waals surface area contributed by atoms with Crippen molar-refractivity contribution in [1.82, 2.24) is 4.90 Å². The van der Waals surface area contributed by atoms with Crippen molar-refractivity contribution in [2.24, 2.45) is 5.92 Å². The molecule has 2 rings (SSSR count). The summed E-state index contributed by atoms with van der Waals surface area (Å²) in [5.74, 6) is 0.0270. The number of ether oxygens (including phenoxy) is 1. The fraction of sp³-hybridized carbons (Fsp3) is 0.450. The molecule has 3 heteroatoms. The minimum absolute atomic E-state index is 0.260. The highest BCUT2D eigenvalue weighted by Gasteiger charge is 2.21. The third-order valence-electron chi connectivity index (χ3n) is 4.12. The van der Waals surface area contributed by atoms with Crippen LogP contribution in [0.2, 0.25) is 0 Å². The molecular weight excluding hydrogens is 286 g/mol. The molecule has 1 heterocycles. The summed E-state index contributed by atoms with van der Waals surface area (Å²) < 4.78 is 5.41. The van der Waals surface area contributed by atoms with Crippen molar-refractivity contribution >= 4 is 5.97 Å². The molecule has 0 aromatic heterocycles. The molecule has 23 heavy (non-hydrogen) atoms. The summed E-state index contributed by atoms with van der Waals surface area (Å²) in [7, 11) is 0. The van der Waals surface area contributed by atoms with E-state index in [9.17, 15) is 4.79 Å². The van der Waals surface area contributed by atoms with Crippen molar-refractivity contribution in [3.63, 3.8) is 0 Å². The second-order valence-corrected chi connectivity index (χ2v) is 6.42. The average molecular weight is 313 g/mol. The number of allylic oxidation sites excluding steroid dienone is 2. The molecule has 1 fully saturated rings. The van der Waals surface area contributed by atoms with Gasteiger partial charge in [-0.3, -0.25) is 0 Å². The van der Waals surface area contributed by atoms with E-state index in [4.69, 9.17) is 4.74 Å². The number of likely N-dealkylation sites (tertiary alicyclic amines) is 1. The molecule has 1 aromatic rings. The Bertz CT molecular complexity index is 556. The predicted octanol–water partition coefficient (Wildman–Crippen LogP) is 4.31. The number of hydrogen-bond acceptors (Lipinski definition) is 3. The zero-order valence-electron chi connectivity index (χ0n) is 14.3. The summed E-state index contributed by atoms with van der Waals surface area (Å²) in [6.07, 6.45) is 4.96. The van der Waals surface area contributed by atoms with E-state index in [0.29, 0.717) is 6.61 Å². The molecule has 0 N–H and O–H groups in total. The van der Waals surface area contributed by atoms with E-state index in [1.165, 1.54) is 12.8 Å². The summed E-state index contributed by atoms with van der Waals surface area (Å²) >= 11 is 0. The van der Waals surface area contributed by atoms with Gasteiger partial charge < -0.3 is 9.64 Å². The quantitative estimate of drug-likeness (QED) is 0.427. The number of hydrogen-bond donors (Lipinski definition) is 0. The fourth-order valence-corrected chi connectivity index (χ4v) is 3.04. The maximum atomic E-state index is 12.2. The second-order valence-electron chi connectivity index (χ2n) is 6.42. The van der Waals surface area contributed by atoms with Crippen LogP contribution < -0.4 is 0 Å². The lowest BCUT2D eigenvalue weighted by Gasteiger charge is -2.26. The molecule has 124 valence electrons. The van der Waals surface area contributed by atoms with Crippen LogP contribution in [0.5, 0.6) is 0 Å². The van der Waals surface area contributed by atoms with E-state index >= 15 is 0 Å². The number of benzene rings is 1. The van der Waals surface area contributed by atoms with Gasteiger partial charge in [0.2, 0.25) is 0 Å². The first kappa shape index (κ1) is 17.3. The third kappa shape index (κ3) is 5.59. The van der Waals surface area contributed by atoms with Crippen molar-refractivity contribution in [2.75, 3.05) is 13.1 Å². The van der Waals surface area contributed by atoms with Gasteiger partial charge in [-0.2, -0.15) is 0 Å². The Balaban J connectivity index is 2.02. The summed E-state index contributed by atoms with van der Waals surface area (Å²) in [6, 6.07) is 9.77. The largest absolute Gasteiger partial charge is 0.458 e. The summed E-state index contributed by atoms with van der Waals surface area (Å²) in [4.78, 5) is 14.5. The highest BCUT2D eigenvalue weighted by molar-refractivity contribution is 5.82. The van der Waals surface area contributed by atoms with Gasteiger partial charge in [-0.05, 0) is 37.7 Å². The van der Waals surface area contributed by atoms with E-state index in [1.807, 2.05) is 37.3 Å². The SMILES string of the molecule is C=C(C)CC(C)/C(=C\C(=O)OCc1ccccc1)N1CCCC1. The van der Waals surface area contributed by atoms with Crippen LogP contribution in [0, 0.1) is 5.92 Å². The van der Waals surface area contributed by atoms with Crippen molar-refractivity contribution in [3.8, 4) is 0 Å². The molecule has 0 bridgehead atoms. The number of nitrogens with zero attached hydrogens (tertiary/aromatic N) is 1. The Morgan fingerprint density at radius 3 is 2.57 bits per heavy atom. The van der Waals surface area contributed by atoms with Crippen molar-refractivity contribution in [1.29, 1.82) is 0 Å². The molecular formula is C20H27NO2. The molecule has 0 saturated carbocycles. The standard InChI is InChI=1S/C20H27NO2/c1-16(2)13-17(3)19(21-11-7-8-12-21)14-20(22)23-15-18-9-5-4-6-10-18/h4-6,9-10,14,17H,1,7-8,11-13,15H2,2-3H3/b19-14+. The number of esters is 1.